The first-order chi connectivity index (χ1) is 9.75. The Labute approximate surface area is 119 Å². The Balaban J connectivity index is 2.03. The smallest absolute Gasteiger partial charge is 0.254 e. The third-order valence-corrected chi connectivity index (χ3v) is 4.68. The molecule has 1 aliphatic heterocycles. The van der Waals surface area contributed by atoms with Gasteiger partial charge < -0.3 is 15.0 Å². The van der Waals surface area contributed by atoms with E-state index in [9.17, 15) is 4.79 Å². The zero-order valence-electron chi connectivity index (χ0n) is 12.1. The summed E-state index contributed by atoms with van der Waals surface area (Å²) in [7, 11) is 1.74. The summed E-state index contributed by atoms with van der Waals surface area (Å²) < 4.78 is 5.84. The van der Waals surface area contributed by atoms with Crippen molar-refractivity contribution in [2.45, 2.75) is 57.1 Å². The zero-order chi connectivity index (χ0) is 14.0. The molecule has 1 aromatic rings. The van der Waals surface area contributed by atoms with Crippen molar-refractivity contribution in [2.75, 3.05) is 13.7 Å². The first-order valence-electron chi connectivity index (χ1n) is 7.64. The summed E-state index contributed by atoms with van der Waals surface area (Å²) in [4.78, 5) is 20.0. The van der Waals surface area contributed by atoms with Gasteiger partial charge in [-0.05, 0) is 25.8 Å². The van der Waals surface area contributed by atoms with Crippen molar-refractivity contribution < 1.29 is 4.74 Å². The third-order valence-electron chi connectivity index (χ3n) is 4.68. The van der Waals surface area contributed by atoms with E-state index in [1.165, 1.54) is 12.8 Å². The molecule has 0 spiro atoms. The monoisotopic (exact) mass is 277 g/mol. The molecular weight excluding hydrogens is 254 g/mol. The number of hydrogen-bond donors (Lipinski definition) is 2. The summed E-state index contributed by atoms with van der Waals surface area (Å²) in [6.07, 6.45) is 7.39. The molecule has 0 bridgehead atoms. The van der Waals surface area contributed by atoms with Crippen molar-refractivity contribution in [1.29, 1.82) is 0 Å². The molecule has 110 valence electrons. The lowest BCUT2D eigenvalue weighted by molar-refractivity contribution is -0.0355. The van der Waals surface area contributed by atoms with E-state index in [0.29, 0.717) is 6.54 Å². The SMILES string of the molecule is COC1(c2nc3c(c(=O)[nH]2)CCNC3)CCCCCC1. The van der Waals surface area contributed by atoms with Gasteiger partial charge in [0, 0.05) is 19.2 Å². The molecule has 5 heteroatoms. The Morgan fingerprint density at radius 2 is 1.95 bits per heavy atom. The maximum Gasteiger partial charge on any atom is 0.254 e. The largest absolute Gasteiger partial charge is 0.370 e. The van der Waals surface area contributed by atoms with E-state index in [1.807, 2.05) is 0 Å². The van der Waals surface area contributed by atoms with Crippen molar-refractivity contribution in [1.82, 2.24) is 15.3 Å². The van der Waals surface area contributed by atoms with E-state index < -0.39 is 5.60 Å². The number of methoxy groups -OCH3 is 1. The number of fused-ring (bicyclic) bond motifs is 1. The molecule has 0 radical (unpaired) electrons. The molecule has 1 saturated carbocycles. The average Bonchev–Trinajstić information content (AvgIpc) is 2.73. The van der Waals surface area contributed by atoms with Crippen LogP contribution in [0.1, 0.15) is 55.6 Å². The van der Waals surface area contributed by atoms with Gasteiger partial charge in [0.15, 0.2) is 0 Å². The second-order valence-electron chi connectivity index (χ2n) is 5.88. The van der Waals surface area contributed by atoms with Crippen LogP contribution in [0.15, 0.2) is 4.79 Å². The van der Waals surface area contributed by atoms with Gasteiger partial charge in [-0.1, -0.05) is 25.7 Å². The van der Waals surface area contributed by atoms with Crippen LogP contribution in [0.2, 0.25) is 0 Å². The van der Waals surface area contributed by atoms with Gasteiger partial charge in [0.1, 0.15) is 11.4 Å². The lowest BCUT2D eigenvalue weighted by Gasteiger charge is -2.31. The van der Waals surface area contributed by atoms with Gasteiger partial charge in [0.2, 0.25) is 0 Å². The fourth-order valence-corrected chi connectivity index (χ4v) is 3.42. The van der Waals surface area contributed by atoms with Gasteiger partial charge in [0.25, 0.3) is 5.56 Å². The normalized spacial score (nSPS) is 22.1. The molecule has 3 rings (SSSR count). The maximum atomic E-state index is 12.3. The van der Waals surface area contributed by atoms with Crippen molar-refractivity contribution >= 4 is 0 Å². The molecule has 1 aromatic heterocycles. The first-order valence-corrected chi connectivity index (χ1v) is 7.64. The summed E-state index contributed by atoms with van der Waals surface area (Å²) in [6.45, 7) is 1.54. The third kappa shape index (κ3) is 2.40. The molecule has 2 heterocycles. The Hall–Kier alpha value is -1.20. The number of hydrogen-bond acceptors (Lipinski definition) is 4. The van der Waals surface area contributed by atoms with Crippen LogP contribution in [0.5, 0.6) is 0 Å². The Morgan fingerprint density at radius 3 is 2.65 bits per heavy atom. The van der Waals surface area contributed by atoms with Crippen molar-refractivity contribution in [3.63, 3.8) is 0 Å². The number of ether oxygens (including phenoxy) is 1. The molecule has 0 aromatic carbocycles. The van der Waals surface area contributed by atoms with Crippen LogP contribution in [0.25, 0.3) is 0 Å². The quantitative estimate of drug-likeness (QED) is 0.806. The highest BCUT2D eigenvalue weighted by Crippen LogP contribution is 2.37. The predicted molar refractivity (Wildman–Crippen MR) is 76.7 cm³/mol. The first kappa shape index (κ1) is 13.8. The summed E-state index contributed by atoms with van der Waals surface area (Å²) in [5.74, 6) is 0.731. The standard InChI is InChI=1S/C15H23N3O2/c1-20-15(7-4-2-3-5-8-15)14-17-12-10-16-9-6-11(12)13(19)18-14/h16H,2-10H2,1H3,(H,17,18,19). The highest BCUT2D eigenvalue weighted by molar-refractivity contribution is 5.22. The van der Waals surface area contributed by atoms with Crippen LogP contribution in [-0.2, 0) is 23.3 Å². The highest BCUT2D eigenvalue weighted by Gasteiger charge is 2.36. The van der Waals surface area contributed by atoms with E-state index >= 15 is 0 Å². The summed E-state index contributed by atoms with van der Waals surface area (Å²) in [5, 5.41) is 3.29. The fraction of sp³-hybridized carbons (Fsp3) is 0.733. The number of rotatable bonds is 2. The fourth-order valence-electron chi connectivity index (χ4n) is 3.42. The van der Waals surface area contributed by atoms with Crippen LogP contribution in [0.4, 0.5) is 0 Å². The molecular formula is C15H23N3O2. The van der Waals surface area contributed by atoms with Gasteiger partial charge in [-0.25, -0.2) is 4.98 Å². The minimum absolute atomic E-state index is 0.0205. The molecule has 1 aliphatic carbocycles. The molecule has 0 saturated heterocycles. The molecule has 5 nitrogen and oxygen atoms in total. The molecule has 20 heavy (non-hydrogen) atoms. The van der Waals surface area contributed by atoms with E-state index in [2.05, 4.69) is 10.3 Å². The zero-order valence-corrected chi connectivity index (χ0v) is 12.1. The lowest BCUT2D eigenvalue weighted by atomic mass is 9.92. The van der Waals surface area contributed by atoms with Crippen LogP contribution in [-0.4, -0.2) is 23.6 Å². The summed E-state index contributed by atoms with van der Waals surface area (Å²) in [6, 6.07) is 0. The van der Waals surface area contributed by atoms with Gasteiger partial charge in [0.05, 0.1) is 5.69 Å². The summed E-state index contributed by atoms with van der Waals surface area (Å²) in [5.41, 5.74) is 1.36. The molecule has 0 atom stereocenters. The average molecular weight is 277 g/mol. The maximum absolute atomic E-state index is 12.3. The number of nitrogens with one attached hydrogen (secondary N) is 2. The minimum Gasteiger partial charge on any atom is -0.370 e. The number of nitrogens with zero attached hydrogens (tertiary/aromatic N) is 1. The van der Waals surface area contributed by atoms with Gasteiger partial charge in [-0.15, -0.1) is 0 Å². The van der Waals surface area contributed by atoms with Gasteiger partial charge in [-0.3, -0.25) is 4.79 Å². The topological polar surface area (TPSA) is 67.0 Å². The summed E-state index contributed by atoms with van der Waals surface area (Å²) >= 11 is 0. The molecule has 2 aliphatic rings. The molecule has 1 fully saturated rings. The van der Waals surface area contributed by atoms with Gasteiger partial charge in [-0.2, -0.15) is 0 Å². The minimum atomic E-state index is -0.401. The van der Waals surface area contributed by atoms with Crippen molar-refractivity contribution in [3.05, 3.63) is 27.4 Å². The number of H-pyrrole nitrogens is 1. The van der Waals surface area contributed by atoms with Crippen LogP contribution < -0.4 is 10.9 Å². The molecule has 0 unspecified atom stereocenters. The Morgan fingerprint density at radius 1 is 1.20 bits per heavy atom. The lowest BCUT2D eigenvalue weighted by Crippen LogP contribution is -2.37. The van der Waals surface area contributed by atoms with Crippen LogP contribution in [0, 0.1) is 0 Å². The van der Waals surface area contributed by atoms with Crippen molar-refractivity contribution in [2.24, 2.45) is 0 Å². The van der Waals surface area contributed by atoms with E-state index in [4.69, 9.17) is 9.72 Å². The van der Waals surface area contributed by atoms with E-state index in [-0.39, 0.29) is 5.56 Å². The molecule has 0 amide bonds. The number of aromatic nitrogens is 2. The van der Waals surface area contributed by atoms with Crippen LogP contribution in [0.3, 0.4) is 0 Å². The second-order valence-corrected chi connectivity index (χ2v) is 5.88. The molecule has 2 N–H and O–H groups in total. The van der Waals surface area contributed by atoms with Gasteiger partial charge >= 0.3 is 0 Å². The number of aromatic amines is 1. The highest BCUT2D eigenvalue weighted by atomic mass is 16.5. The predicted octanol–water partition coefficient (Wildman–Crippen LogP) is 1.61. The van der Waals surface area contributed by atoms with Crippen LogP contribution >= 0.6 is 0 Å². The van der Waals surface area contributed by atoms with E-state index in [0.717, 1.165) is 55.7 Å². The Kier molecular flexibility index (Phi) is 3.89. The van der Waals surface area contributed by atoms with Crippen molar-refractivity contribution in [3.8, 4) is 0 Å². The Bertz CT molecular complexity index is 530. The van der Waals surface area contributed by atoms with E-state index in [1.54, 1.807) is 7.11 Å². The second kappa shape index (κ2) is 5.66.